The number of thioether (sulfide) groups is 1. The molecule has 0 fully saturated rings. The third-order valence-corrected chi connectivity index (χ3v) is 2.08. The van der Waals surface area contributed by atoms with E-state index in [-0.39, 0.29) is 12.5 Å². The van der Waals surface area contributed by atoms with Gasteiger partial charge in [0.15, 0.2) is 0 Å². The number of amides is 1. The van der Waals surface area contributed by atoms with Gasteiger partial charge in [0.2, 0.25) is 11.1 Å². The van der Waals surface area contributed by atoms with Gasteiger partial charge in [0.25, 0.3) is 0 Å². The fourth-order valence-electron chi connectivity index (χ4n) is 0.730. The lowest BCUT2D eigenvalue weighted by molar-refractivity contribution is -0.117. The molecule has 1 radical (unpaired) electrons. The standard InChI is InChI=1S/C7H10N3O2S/c1-2-3-5(12)8-7-10-9-6(4-11)13-7/h11H,2-4H2,1H3. The molecule has 0 aromatic heterocycles. The van der Waals surface area contributed by atoms with E-state index in [4.69, 9.17) is 5.11 Å². The predicted molar refractivity (Wildman–Crippen MR) is 51.6 cm³/mol. The third kappa shape index (κ3) is 3.16. The van der Waals surface area contributed by atoms with Crippen molar-refractivity contribution >= 4 is 27.9 Å². The molecule has 13 heavy (non-hydrogen) atoms. The van der Waals surface area contributed by atoms with Gasteiger partial charge in [-0.25, -0.2) is 0 Å². The van der Waals surface area contributed by atoms with Crippen molar-refractivity contribution in [3.05, 3.63) is 0 Å². The first-order valence-electron chi connectivity index (χ1n) is 3.94. The fourth-order valence-corrected chi connectivity index (χ4v) is 1.32. The largest absolute Gasteiger partial charge is 0.389 e. The Balaban J connectivity index is 2.44. The van der Waals surface area contributed by atoms with Crippen molar-refractivity contribution < 1.29 is 9.90 Å². The molecule has 0 bridgehead atoms. The van der Waals surface area contributed by atoms with Crippen LogP contribution in [0, 0.1) is 0 Å². The number of amidine groups is 1. The maximum absolute atomic E-state index is 11.0. The van der Waals surface area contributed by atoms with E-state index in [0.717, 1.165) is 18.2 Å². The highest BCUT2D eigenvalue weighted by atomic mass is 32.2. The molecular formula is C7H10N3O2S. The van der Waals surface area contributed by atoms with Gasteiger partial charge in [-0.2, -0.15) is 4.99 Å². The summed E-state index contributed by atoms with van der Waals surface area (Å²) >= 11 is 1.13. The first-order chi connectivity index (χ1) is 6.26. The molecule has 0 aliphatic carbocycles. The number of carbonyl (C=O) groups excluding carboxylic acids is 1. The van der Waals surface area contributed by atoms with Crippen LogP contribution in [0.4, 0.5) is 0 Å². The minimum Gasteiger partial charge on any atom is -0.389 e. The van der Waals surface area contributed by atoms with Crippen molar-refractivity contribution in [3.63, 3.8) is 0 Å². The minimum absolute atomic E-state index is 0.158. The molecule has 0 atom stereocenters. The molecule has 0 saturated carbocycles. The van der Waals surface area contributed by atoms with Gasteiger partial charge in [-0.1, -0.05) is 6.92 Å². The predicted octanol–water partition coefficient (Wildman–Crippen LogP) is 0.326. The van der Waals surface area contributed by atoms with Gasteiger partial charge in [-0.15, -0.1) is 10.5 Å². The monoisotopic (exact) mass is 200 g/mol. The normalized spacial score (nSPS) is 18.6. The number of rotatable bonds is 3. The summed E-state index contributed by atoms with van der Waals surface area (Å²) in [7, 11) is 0. The number of aliphatic hydroxyl groups is 1. The van der Waals surface area contributed by atoms with Crippen LogP contribution in [0.5, 0.6) is 0 Å². The van der Waals surface area contributed by atoms with Gasteiger partial charge < -0.3 is 5.11 Å². The highest BCUT2D eigenvalue weighted by Gasteiger charge is 2.16. The van der Waals surface area contributed by atoms with E-state index in [0.29, 0.717) is 16.6 Å². The van der Waals surface area contributed by atoms with Gasteiger partial charge in [-0.3, -0.25) is 4.79 Å². The van der Waals surface area contributed by atoms with Crippen LogP contribution in [0.25, 0.3) is 0 Å². The van der Waals surface area contributed by atoms with E-state index in [2.05, 4.69) is 15.5 Å². The summed E-state index contributed by atoms with van der Waals surface area (Å²) in [6, 6.07) is 0. The molecule has 5 nitrogen and oxygen atoms in total. The first kappa shape index (κ1) is 10.2. The molecule has 0 aromatic rings. The van der Waals surface area contributed by atoms with E-state index in [1.54, 1.807) is 0 Å². The van der Waals surface area contributed by atoms with Gasteiger partial charge in [0.1, 0.15) is 5.04 Å². The quantitative estimate of drug-likeness (QED) is 0.713. The maximum atomic E-state index is 11.0. The van der Waals surface area contributed by atoms with E-state index in [9.17, 15) is 4.79 Å². The van der Waals surface area contributed by atoms with E-state index in [1.807, 2.05) is 6.92 Å². The lowest BCUT2D eigenvalue weighted by Crippen LogP contribution is -2.04. The third-order valence-electron chi connectivity index (χ3n) is 1.28. The number of hydrogen-bond donors (Lipinski definition) is 1. The smallest absolute Gasteiger partial charge is 0.248 e. The van der Waals surface area contributed by atoms with Crippen molar-refractivity contribution in [1.29, 1.82) is 0 Å². The van der Waals surface area contributed by atoms with Crippen LogP contribution in [0.15, 0.2) is 10.1 Å². The zero-order chi connectivity index (χ0) is 9.68. The zero-order valence-corrected chi connectivity index (χ0v) is 8.04. The Labute approximate surface area is 80.3 Å². The van der Waals surface area contributed by atoms with Crippen LogP contribution < -0.4 is 5.43 Å². The molecule has 1 rings (SSSR count). The van der Waals surface area contributed by atoms with Crippen molar-refractivity contribution in [2.75, 3.05) is 6.61 Å². The summed E-state index contributed by atoms with van der Waals surface area (Å²) in [5, 5.41) is 13.1. The van der Waals surface area contributed by atoms with Crippen LogP contribution in [0.3, 0.4) is 0 Å². The first-order valence-corrected chi connectivity index (χ1v) is 4.75. The number of aliphatic imine (C=N–C) groups is 1. The number of aliphatic hydroxyl groups excluding tert-OH is 1. The lowest BCUT2D eigenvalue weighted by Gasteiger charge is -1.91. The molecule has 6 heteroatoms. The molecule has 71 valence electrons. The maximum Gasteiger partial charge on any atom is 0.248 e. The summed E-state index contributed by atoms with van der Waals surface area (Å²) in [5.74, 6) is -0.192. The highest BCUT2D eigenvalue weighted by Crippen LogP contribution is 2.13. The number of nitrogens with zero attached hydrogens (tertiary/aromatic N) is 3. The molecule has 1 amide bonds. The Morgan fingerprint density at radius 1 is 1.69 bits per heavy atom. The number of hydrogen-bond acceptors (Lipinski definition) is 4. The molecule has 1 aliphatic rings. The summed E-state index contributed by atoms with van der Waals surface area (Å²) < 4.78 is 0. The summed E-state index contributed by atoms with van der Waals surface area (Å²) in [6.45, 7) is 1.75. The van der Waals surface area contributed by atoms with Crippen molar-refractivity contribution in [2.45, 2.75) is 19.8 Å². The lowest BCUT2D eigenvalue weighted by atomic mass is 10.3. The Morgan fingerprint density at radius 2 is 2.46 bits per heavy atom. The fraction of sp³-hybridized carbons (Fsp3) is 0.571. The van der Waals surface area contributed by atoms with Gasteiger partial charge in [0.05, 0.1) is 6.61 Å². The van der Waals surface area contributed by atoms with Crippen molar-refractivity contribution in [2.24, 2.45) is 10.1 Å². The highest BCUT2D eigenvalue weighted by molar-refractivity contribution is 8.27. The van der Waals surface area contributed by atoms with E-state index in [1.165, 1.54) is 0 Å². The van der Waals surface area contributed by atoms with Crippen molar-refractivity contribution in [3.8, 4) is 0 Å². The Kier molecular flexibility index (Phi) is 3.91. The molecule has 1 heterocycles. The van der Waals surface area contributed by atoms with Crippen LogP contribution in [-0.2, 0) is 4.79 Å². The average molecular weight is 200 g/mol. The van der Waals surface area contributed by atoms with E-state index < -0.39 is 0 Å². The Morgan fingerprint density at radius 3 is 3.00 bits per heavy atom. The molecular weight excluding hydrogens is 190 g/mol. The topological polar surface area (TPSA) is 76.1 Å². The van der Waals surface area contributed by atoms with Gasteiger partial charge in [0, 0.05) is 6.42 Å². The van der Waals surface area contributed by atoms with Crippen LogP contribution in [0.2, 0.25) is 0 Å². The zero-order valence-electron chi connectivity index (χ0n) is 7.23. The minimum atomic E-state index is -0.192. The number of carbonyl (C=O) groups is 1. The van der Waals surface area contributed by atoms with Crippen LogP contribution >= 0.6 is 11.8 Å². The Bertz CT molecular complexity index is 262. The van der Waals surface area contributed by atoms with Crippen LogP contribution in [0.1, 0.15) is 19.8 Å². The van der Waals surface area contributed by atoms with E-state index >= 15 is 0 Å². The molecule has 0 spiro atoms. The molecule has 0 aromatic carbocycles. The van der Waals surface area contributed by atoms with Gasteiger partial charge >= 0.3 is 0 Å². The molecule has 1 aliphatic heterocycles. The summed E-state index contributed by atoms with van der Waals surface area (Å²) in [4.78, 5) is 14.7. The second-order valence-electron chi connectivity index (χ2n) is 2.39. The van der Waals surface area contributed by atoms with Crippen molar-refractivity contribution in [1.82, 2.24) is 5.43 Å². The second-order valence-corrected chi connectivity index (χ2v) is 3.43. The molecule has 1 N–H and O–H groups in total. The SMILES string of the molecule is CCCC(=O)N=C1[N]N=C(CO)S1. The molecule has 0 saturated heterocycles. The molecule has 0 unspecified atom stereocenters. The van der Waals surface area contributed by atoms with Crippen LogP contribution in [-0.4, -0.2) is 27.8 Å². The average Bonchev–Trinajstić information content (AvgIpc) is 2.52. The second kappa shape index (κ2) is 4.98. The Hall–Kier alpha value is -0.880. The van der Waals surface area contributed by atoms with Gasteiger partial charge in [-0.05, 0) is 18.2 Å². The summed E-state index contributed by atoms with van der Waals surface area (Å²) in [6.07, 6.45) is 1.20. The summed E-state index contributed by atoms with van der Waals surface area (Å²) in [5.41, 5.74) is 3.63.